The van der Waals surface area contributed by atoms with E-state index >= 15 is 0 Å². The number of nitrogens with zero attached hydrogens (tertiary/aromatic N) is 1. The van der Waals surface area contributed by atoms with Crippen molar-refractivity contribution in [3.8, 4) is 11.8 Å². The molecule has 0 aromatic heterocycles. The predicted octanol–water partition coefficient (Wildman–Crippen LogP) is 2.10. The molecule has 0 aliphatic rings. The smallest absolute Gasteiger partial charge is 0.120 e. The average Bonchev–Trinajstić information content (AvgIpc) is 2.17. The Labute approximate surface area is 89.6 Å². The van der Waals surface area contributed by atoms with Gasteiger partial charge < -0.3 is 10.8 Å². The minimum atomic E-state index is -0.201. The fraction of sp³-hybridized carbons (Fsp3) is 0.300. The first-order valence-corrected chi connectivity index (χ1v) is 4.17. The zero-order chi connectivity index (χ0) is 9.84. The molecule has 0 bridgehead atoms. The Bertz CT molecular complexity index is 346. The van der Waals surface area contributed by atoms with Crippen molar-refractivity contribution >= 4 is 12.4 Å². The molecule has 3 N–H and O–H groups in total. The Morgan fingerprint density at radius 3 is 2.71 bits per heavy atom. The van der Waals surface area contributed by atoms with E-state index in [1.165, 1.54) is 6.07 Å². The summed E-state index contributed by atoms with van der Waals surface area (Å²) in [5, 5.41) is 18.1. The molecule has 0 saturated heterocycles. The quantitative estimate of drug-likeness (QED) is 0.789. The monoisotopic (exact) mass is 212 g/mol. The van der Waals surface area contributed by atoms with E-state index in [9.17, 15) is 5.11 Å². The maximum Gasteiger partial charge on any atom is 0.120 e. The van der Waals surface area contributed by atoms with Gasteiger partial charge in [-0.1, -0.05) is 6.92 Å². The van der Waals surface area contributed by atoms with Gasteiger partial charge in [-0.15, -0.1) is 12.4 Å². The Morgan fingerprint density at radius 1 is 1.57 bits per heavy atom. The number of aromatic hydroxyl groups is 1. The van der Waals surface area contributed by atoms with E-state index in [-0.39, 0.29) is 24.2 Å². The van der Waals surface area contributed by atoms with Gasteiger partial charge in [0.2, 0.25) is 0 Å². The van der Waals surface area contributed by atoms with Crippen LogP contribution < -0.4 is 5.73 Å². The number of halogens is 1. The van der Waals surface area contributed by atoms with Crippen LogP contribution >= 0.6 is 12.4 Å². The van der Waals surface area contributed by atoms with Crippen LogP contribution in [0, 0.1) is 11.3 Å². The van der Waals surface area contributed by atoms with Gasteiger partial charge in [0, 0.05) is 11.6 Å². The molecule has 0 spiro atoms. The zero-order valence-electron chi connectivity index (χ0n) is 7.90. The van der Waals surface area contributed by atoms with Gasteiger partial charge in [-0.25, -0.2) is 0 Å². The summed E-state index contributed by atoms with van der Waals surface area (Å²) >= 11 is 0. The number of phenols is 1. The largest absolute Gasteiger partial charge is 0.508 e. The van der Waals surface area contributed by atoms with Crippen LogP contribution in [-0.2, 0) is 0 Å². The van der Waals surface area contributed by atoms with Gasteiger partial charge in [0.1, 0.15) is 5.75 Å². The van der Waals surface area contributed by atoms with Gasteiger partial charge in [-0.2, -0.15) is 5.26 Å². The highest BCUT2D eigenvalue weighted by molar-refractivity contribution is 5.85. The number of hydrogen-bond acceptors (Lipinski definition) is 3. The first-order chi connectivity index (χ1) is 6.19. The molecule has 1 atom stereocenters. The Hall–Kier alpha value is -1.24. The van der Waals surface area contributed by atoms with Crippen molar-refractivity contribution < 1.29 is 5.11 Å². The Morgan fingerprint density at radius 2 is 2.21 bits per heavy atom. The number of phenolic OH excluding ortho intramolecular Hbond substituents is 1. The second kappa shape index (κ2) is 5.48. The van der Waals surface area contributed by atoms with Crippen LogP contribution in [0.25, 0.3) is 0 Å². The van der Waals surface area contributed by atoms with Gasteiger partial charge in [0.05, 0.1) is 11.6 Å². The standard InChI is InChI=1S/C10H12N2O.ClH/c1-2-9(12)8-5-7(6-11)3-4-10(8)13;/h3-5,9,13H,2,12H2,1H3;1H/t9-;/m1./s1. The first-order valence-electron chi connectivity index (χ1n) is 4.17. The molecule has 0 aliphatic carbocycles. The fourth-order valence-corrected chi connectivity index (χ4v) is 1.14. The third-order valence-electron chi connectivity index (χ3n) is 2.00. The van der Waals surface area contributed by atoms with Crippen LogP contribution in [0.5, 0.6) is 5.75 Å². The molecule has 1 aromatic rings. The molecule has 0 heterocycles. The van der Waals surface area contributed by atoms with Crippen molar-refractivity contribution in [1.82, 2.24) is 0 Å². The lowest BCUT2D eigenvalue weighted by Gasteiger charge is -2.10. The summed E-state index contributed by atoms with van der Waals surface area (Å²) < 4.78 is 0. The van der Waals surface area contributed by atoms with Crippen LogP contribution in [0.15, 0.2) is 18.2 Å². The van der Waals surface area contributed by atoms with Crippen LogP contribution in [0.3, 0.4) is 0 Å². The maximum absolute atomic E-state index is 9.44. The van der Waals surface area contributed by atoms with E-state index in [1.807, 2.05) is 13.0 Å². The van der Waals surface area contributed by atoms with Gasteiger partial charge >= 0.3 is 0 Å². The number of nitriles is 1. The molecule has 0 unspecified atom stereocenters. The van der Waals surface area contributed by atoms with Crippen molar-refractivity contribution in [3.63, 3.8) is 0 Å². The average molecular weight is 213 g/mol. The first kappa shape index (κ1) is 12.8. The lowest BCUT2D eigenvalue weighted by atomic mass is 10.0. The zero-order valence-corrected chi connectivity index (χ0v) is 8.71. The molecule has 0 radical (unpaired) electrons. The summed E-state index contributed by atoms with van der Waals surface area (Å²) in [4.78, 5) is 0. The van der Waals surface area contributed by atoms with Crippen LogP contribution in [0.1, 0.15) is 30.5 Å². The van der Waals surface area contributed by atoms with E-state index in [2.05, 4.69) is 0 Å². The molecule has 4 heteroatoms. The van der Waals surface area contributed by atoms with E-state index < -0.39 is 0 Å². The van der Waals surface area contributed by atoms with Gasteiger partial charge in [-0.3, -0.25) is 0 Å². The summed E-state index contributed by atoms with van der Waals surface area (Å²) in [5.41, 5.74) is 6.91. The number of benzene rings is 1. The van der Waals surface area contributed by atoms with E-state index in [0.717, 1.165) is 6.42 Å². The van der Waals surface area contributed by atoms with Gasteiger partial charge in [0.25, 0.3) is 0 Å². The van der Waals surface area contributed by atoms with E-state index in [4.69, 9.17) is 11.0 Å². The fourth-order valence-electron chi connectivity index (χ4n) is 1.14. The maximum atomic E-state index is 9.44. The minimum absolute atomic E-state index is 0. The van der Waals surface area contributed by atoms with Crippen molar-refractivity contribution in [2.75, 3.05) is 0 Å². The van der Waals surface area contributed by atoms with Crippen LogP contribution in [-0.4, -0.2) is 5.11 Å². The molecule has 3 nitrogen and oxygen atoms in total. The van der Waals surface area contributed by atoms with Gasteiger partial charge in [-0.05, 0) is 24.6 Å². The van der Waals surface area contributed by atoms with Crippen molar-refractivity contribution in [3.05, 3.63) is 29.3 Å². The lowest BCUT2D eigenvalue weighted by molar-refractivity contribution is 0.460. The molecule has 14 heavy (non-hydrogen) atoms. The molecular formula is C10H13ClN2O. The predicted molar refractivity (Wildman–Crippen MR) is 57.3 cm³/mol. The summed E-state index contributed by atoms with van der Waals surface area (Å²) in [7, 11) is 0. The lowest BCUT2D eigenvalue weighted by Crippen LogP contribution is -2.08. The highest BCUT2D eigenvalue weighted by Crippen LogP contribution is 2.25. The van der Waals surface area contributed by atoms with Crippen molar-refractivity contribution in [1.29, 1.82) is 5.26 Å². The molecule has 1 rings (SSSR count). The Balaban J connectivity index is 0.00000169. The number of rotatable bonds is 2. The highest BCUT2D eigenvalue weighted by atomic mass is 35.5. The second-order valence-corrected chi connectivity index (χ2v) is 2.90. The summed E-state index contributed by atoms with van der Waals surface area (Å²) in [6, 6.07) is 6.51. The summed E-state index contributed by atoms with van der Waals surface area (Å²) in [6.07, 6.45) is 0.739. The normalized spacial score (nSPS) is 11.2. The van der Waals surface area contributed by atoms with E-state index in [1.54, 1.807) is 12.1 Å². The third-order valence-corrected chi connectivity index (χ3v) is 2.00. The molecule has 1 aromatic carbocycles. The molecule has 0 fully saturated rings. The van der Waals surface area contributed by atoms with Crippen LogP contribution in [0.2, 0.25) is 0 Å². The second-order valence-electron chi connectivity index (χ2n) is 2.90. The summed E-state index contributed by atoms with van der Waals surface area (Å²) in [6.45, 7) is 1.93. The number of nitrogens with two attached hydrogens (primary N) is 1. The number of hydrogen-bond donors (Lipinski definition) is 2. The molecular weight excluding hydrogens is 200 g/mol. The summed E-state index contributed by atoms with van der Waals surface area (Å²) in [5.74, 6) is 0.161. The van der Waals surface area contributed by atoms with Gasteiger partial charge in [0.15, 0.2) is 0 Å². The van der Waals surface area contributed by atoms with E-state index in [0.29, 0.717) is 11.1 Å². The molecule has 76 valence electrons. The topological polar surface area (TPSA) is 70.0 Å². The van der Waals surface area contributed by atoms with Crippen molar-refractivity contribution in [2.24, 2.45) is 5.73 Å². The molecule has 0 saturated carbocycles. The highest BCUT2D eigenvalue weighted by Gasteiger charge is 2.09. The third kappa shape index (κ3) is 2.63. The molecule has 0 aliphatic heterocycles. The molecule has 0 amide bonds. The van der Waals surface area contributed by atoms with Crippen LogP contribution in [0.4, 0.5) is 0 Å². The SMILES string of the molecule is CC[C@@H](N)c1cc(C#N)ccc1O.Cl. The minimum Gasteiger partial charge on any atom is -0.508 e. The van der Waals surface area contributed by atoms with Crippen molar-refractivity contribution in [2.45, 2.75) is 19.4 Å². The Kier molecular flexibility index (Phi) is 5.00.